The minimum absolute atomic E-state index is 0.372. The van der Waals surface area contributed by atoms with Crippen LogP contribution in [0.5, 0.6) is 0 Å². The van der Waals surface area contributed by atoms with Crippen molar-refractivity contribution in [1.82, 2.24) is 4.98 Å². The van der Waals surface area contributed by atoms with Gasteiger partial charge in [-0.05, 0) is 19.4 Å². The van der Waals surface area contributed by atoms with Crippen molar-refractivity contribution in [3.63, 3.8) is 0 Å². The molecule has 0 spiro atoms. The predicted octanol–water partition coefficient (Wildman–Crippen LogP) is 3.25. The van der Waals surface area contributed by atoms with Crippen molar-refractivity contribution in [3.05, 3.63) is 51.5 Å². The number of hydrogen-bond donors (Lipinski definition) is 0. The zero-order chi connectivity index (χ0) is 13.8. The van der Waals surface area contributed by atoms with E-state index in [-0.39, 0.29) is 0 Å². The van der Waals surface area contributed by atoms with Crippen LogP contribution in [0.25, 0.3) is 11.3 Å². The van der Waals surface area contributed by atoms with Crippen LogP contribution in [0.15, 0.2) is 30.3 Å². The van der Waals surface area contributed by atoms with E-state index in [1.165, 1.54) is 11.3 Å². The summed E-state index contributed by atoms with van der Waals surface area (Å²) in [5.74, 6) is 0.372. The number of nitrogens with zero attached hydrogens (tertiary/aromatic N) is 2. The standard InChI is InChI=1S/C14H11BN2OS/c1-9-14(19-10(2)17-9)13(18-15)12(8-16)11-6-4-3-5-7-11/h3-7H,1-2H3. The van der Waals surface area contributed by atoms with Gasteiger partial charge in [0.1, 0.15) is 17.4 Å². The smallest absolute Gasteiger partial charge is 0.374 e. The highest BCUT2D eigenvalue weighted by Crippen LogP contribution is 2.32. The van der Waals surface area contributed by atoms with E-state index < -0.39 is 0 Å². The van der Waals surface area contributed by atoms with E-state index in [0.29, 0.717) is 11.3 Å². The van der Waals surface area contributed by atoms with Crippen LogP contribution in [-0.2, 0) is 4.65 Å². The van der Waals surface area contributed by atoms with Crippen LogP contribution >= 0.6 is 11.3 Å². The molecule has 0 amide bonds. The van der Waals surface area contributed by atoms with Gasteiger partial charge < -0.3 is 4.65 Å². The summed E-state index contributed by atoms with van der Waals surface area (Å²) in [7, 11) is 5.37. The van der Waals surface area contributed by atoms with Gasteiger partial charge in [0.2, 0.25) is 0 Å². The van der Waals surface area contributed by atoms with Crippen LogP contribution < -0.4 is 0 Å². The summed E-state index contributed by atoms with van der Waals surface area (Å²) >= 11 is 1.46. The molecule has 0 saturated carbocycles. The van der Waals surface area contributed by atoms with Gasteiger partial charge in [-0.3, -0.25) is 0 Å². The molecule has 0 unspecified atom stereocenters. The lowest BCUT2D eigenvalue weighted by Gasteiger charge is -2.09. The number of thiazole rings is 1. The number of aromatic nitrogens is 1. The lowest BCUT2D eigenvalue weighted by molar-refractivity contribution is 0.576. The molecule has 2 radical (unpaired) electrons. The highest BCUT2D eigenvalue weighted by Gasteiger charge is 2.16. The number of allylic oxidation sites excluding steroid dienone is 1. The fraction of sp³-hybridized carbons (Fsp3) is 0.143. The molecule has 0 aliphatic rings. The molecule has 2 rings (SSSR count). The van der Waals surface area contributed by atoms with E-state index in [1.54, 1.807) is 0 Å². The van der Waals surface area contributed by atoms with Crippen molar-refractivity contribution in [2.24, 2.45) is 0 Å². The second kappa shape index (κ2) is 5.72. The number of nitriles is 1. The van der Waals surface area contributed by atoms with Gasteiger partial charge in [-0.25, -0.2) is 4.98 Å². The first-order valence-electron chi connectivity index (χ1n) is 5.68. The van der Waals surface area contributed by atoms with E-state index >= 15 is 0 Å². The van der Waals surface area contributed by atoms with E-state index in [4.69, 9.17) is 12.7 Å². The zero-order valence-corrected chi connectivity index (χ0v) is 11.5. The summed E-state index contributed by atoms with van der Waals surface area (Å²) in [4.78, 5) is 5.12. The van der Waals surface area contributed by atoms with Crippen molar-refractivity contribution < 1.29 is 4.65 Å². The van der Waals surface area contributed by atoms with Gasteiger partial charge in [0.15, 0.2) is 0 Å². The molecule has 1 aromatic carbocycles. The van der Waals surface area contributed by atoms with Crippen LogP contribution in [0.4, 0.5) is 0 Å². The molecule has 2 aromatic rings. The molecule has 19 heavy (non-hydrogen) atoms. The van der Waals surface area contributed by atoms with Gasteiger partial charge in [-0.1, -0.05) is 30.3 Å². The van der Waals surface area contributed by atoms with Crippen LogP contribution in [0.2, 0.25) is 0 Å². The topological polar surface area (TPSA) is 45.9 Å². The van der Waals surface area contributed by atoms with E-state index in [9.17, 15) is 5.26 Å². The first-order chi connectivity index (χ1) is 9.17. The average molecular weight is 266 g/mol. The van der Waals surface area contributed by atoms with Crippen molar-refractivity contribution >= 4 is 30.7 Å². The summed E-state index contributed by atoms with van der Waals surface area (Å²) in [5, 5.41) is 10.3. The summed E-state index contributed by atoms with van der Waals surface area (Å²) < 4.78 is 4.97. The van der Waals surface area contributed by atoms with Crippen LogP contribution in [0.1, 0.15) is 21.1 Å². The Balaban J connectivity index is 2.64. The monoisotopic (exact) mass is 266 g/mol. The Bertz CT molecular complexity index is 656. The minimum atomic E-state index is 0.372. The molecule has 3 nitrogen and oxygen atoms in total. The third-order valence-electron chi connectivity index (χ3n) is 2.63. The molecule has 5 heteroatoms. The molecular weight excluding hydrogens is 255 g/mol. The lowest BCUT2D eigenvalue weighted by atomic mass is 10.0. The van der Waals surface area contributed by atoms with Gasteiger partial charge in [-0.15, -0.1) is 11.3 Å². The Kier molecular flexibility index (Phi) is 4.03. The predicted molar refractivity (Wildman–Crippen MR) is 77.3 cm³/mol. The molecule has 0 atom stereocenters. The fourth-order valence-corrected chi connectivity index (χ4v) is 2.73. The van der Waals surface area contributed by atoms with E-state index in [1.807, 2.05) is 44.2 Å². The third kappa shape index (κ3) is 2.69. The second-order valence-corrected chi connectivity index (χ2v) is 5.15. The van der Waals surface area contributed by atoms with Crippen molar-refractivity contribution in [2.45, 2.75) is 13.8 Å². The molecule has 0 aliphatic carbocycles. The molecule has 92 valence electrons. The van der Waals surface area contributed by atoms with Crippen LogP contribution in [0, 0.1) is 25.2 Å². The molecule has 1 heterocycles. The number of hydrogen-bond acceptors (Lipinski definition) is 4. The Morgan fingerprint density at radius 1 is 1.32 bits per heavy atom. The quantitative estimate of drug-likeness (QED) is 0.486. The molecule has 1 aromatic heterocycles. The number of rotatable bonds is 3. The van der Waals surface area contributed by atoms with Gasteiger partial charge in [0.05, 0.1) is 15.6 Å². The molecule has 0 saturated heterocycles. The van der Waals surface area contributed by atoms with E-state index in [0.717, 1.165) is 21.1 Å². The first kappa shape index (κ1) is 13.4. The van der Waals surface area contributed by atoms with Crippen molar-refractivity contribution in [3.8, 4) is 6.07 Å². The molecule has 0 N–H and O–H groups in total. The number of benzene rings is 1. The van der Waals surface area contributed by atoms with Crippen molar-refractivity contribution in [1.29, 1.82) is 5.26 Å². The highest BCUT2D eigenvalue weighted by atomic mass is 32.1. The summed E-state index contributed by atoms with van der Waals surface area (Å²) in [5.41, 5.74) is 2.00. The van der Waals surface area contributed by atoms with Crippen molar-refractivity contribution in [2.75, 3.05) is 0 Å². The Morgan fingerprint density at radius 3 is 2.47 bits per heavy atom. The van der Waals surface area contributed by atoms with Crippen LogP contribution in [0.3, 0.4) is 0 Å². The van der Waals surface area contributed by atoms with Gasteiger partial charge in [0, 0.05) is 0 Å². The van der Waals surface area contributed by atoms with Gasteiger partial charge in [0.25, 0.3) is 0 Å². The van der Waals surface area contributed by atoms with E-state index in [2.05, 4.69) is 11.1 Å². The molecular formula is C14H11BN2OS. The maximum atomic E-state index is 9.38. The largest absolute Gasteiger partial charge is 0.566 e. The molecule has 0 bridgehead atoms. The lowest BCUT2D eigenvalue weighted by Crippen LogP contribution is -1.94. The molecule has 0 fully saturated rings. The summed E-state index contributed by atoms with van der Waals surface area (Å²) in [6.07, 6.45) is 0. The third-order valence-corrected chi connectivity index (χ3v) is 3.70. The Hall–Kier alpha value is -2.06. The summed E-state index contributed by atoms with van der Waals surface area (Å²) in [6, 6.07) is 11.5. The normalized spacial score (nSPS) is 11.6. The number of aryl methyl sites for hydroxylation is 2. The minimum Gasteiger partial charge on any atom is -0.566 e. The average Bonchev–Trinajstić information content (AvgIpc) is 2.75. The Labute approximate surface area is 117 Å². The van der Waals surface area contributed by atoms with Gasteiger partial charge in [-0.2, -0.15) is 5.26 Å². The zero-order valence-electron chi connectivity index (χ0n) is 10.7. The molecule has 0 aliphatic heterocycles. The first-order valence-corrected chi connectivity index (χ1v) is 6.50. The SMILES string of the molecule is [B]OC(=C(C#N)c1ccccc1)c1sc(C)nc1C. The summed E-state index contributed by atoms with van der Waals surface area (Å²) in [6.45, 7) is 3.78. The van der Waals surface area contributed by atoms with Gasteiger partial charge >= 0.3 is 8.05 Å². The second-order valence-electron chi connectivity index (χ2n) is 3.95. The van der Waals surface area contributed by atoms with Crippen LogP contribution in [-0.4, -0.2) is 13.0 Å². The maximum Gasteiger partial charge on any atom is 0.374 e. The Morgan fingerprint density at radius 2 is 2.00 bits per heavy atom. The maximum absolute atomic E-state index is 9.38. The fourth-order valence-electron chi connectivity index (χ4n) is 1.82. The highest BCUT2D eigenvalue weighted by molar-refractivity contribution is 7.12.